The summed E-state index contributed by atoms with van der Waals surface area (Å²) in [6, 6.07) is 24.7. The minimum Gasteiger partial charge on any atom is -0.309 e. The van der Waals surface area contributed by atoms with Gasteiger partial charge >= 0.3 is 0 Å². The van der Waals surface area contributed by atoms with Crippen LogP contribution in [-0.2, 0) is 11.8 Å². The summed E-state index contributed by atoms with van der Waals surface area (Å²) < 4.78 is 2.03. The maximum atomic E-state index is 13.4. The lowest BCUT2D eigenvalue weighted by atomic mass is 9.97. The average molecular weight is 468 g/mol. The van der Waals surface area contributed by atoms with Gasteiger partial charge in [-0.15, -0.1) is 10.2 Å². The number of fused-ring (bicyclic) bond motifs is 1. The zero-order valence-corrected chi connectivity index (χ0v) is 19.8. The van der Waals surface area contributed by atoms with Crippen LogP contribution in [0.1, 0.15) is 48.2 Å². The first-order valence-corrected chi connectivity index (χ1v) is 12.6. The standard InChI is InChI=1S/C27H25N5OS/c1-31-26(20-12-13-20)28-29-27(31)34-17-25(33)32-24(19-8-3-2-4-9-19)16-23(30-32)22-14-11-18-7-5-6-10-21(18)15-22/h2-11,14-15,20,24H,12-13,16-17H2,1H3. The van der Waals surface area contributed by atoms with Gasteiger partial charge in [0, 0.05) is 19.4 Å². The highest BCUT2D eigenvalue weighted by atomic mass is 32.2. The van der Waals surface area contributed by atoms with Crippen LogP contribution in [0.25, 0.3) is 10.8 Å². The van der Waals surface area contributed by atoms with Gasteiger partial charge in [0.25, 0.3) is 5.91 Å². The Bertz CT molecular complexity index is 1390. The Labute approximate surface area is 202 Å². The van der Waals surface area contributed by atoms with E-state index in [4.69, 9.17) is 5.10 Å². The first-order valence-electron chi connectivity index (χ1n) is 11.6. The molecule has 7 heteroatoms. The predicted molar refractivity (Wildman–Crippen MR) is 135 cm³/mol. The van der Waals surface area contributed by atoms with E-state index in [9.17, 15) is 4.79 Å². The second-order valence-corrected chi connectivity index (χ2v) is 9.88. The largest absolute Gasteiger partial charge is 0.309 e. The minimum atomic E-state index is -0.114. The Kier molecular flexibility index (Phi) is 5.41. The first kappa shape index (κ1) is 21.1. The van der Waals surface area contributed by atoms with Crippen LogP contribution in [0.3, 0.4) is 0 Å². The maximum Gasteiger partial charge on any atom is 0.253 e. The van der Waals surface area contributed by atoms with Crippen molar-refractivity contribution in [2.24, 2.45) is 12.1 Å². The Morgan fingerprint density at radius 3 is 2.53 bits per heavy atom. The molecule has 0 spiro atoms. The smallest absolute Gasteiger partial charge is 0.253 e. The Balaban J connectivity index is 1.26. The second kappa shape index (κ2) is 8.72. The van der Waals surface area contributed by atoms with Crippen molar-refractivity contribution in [2.45, 2.75) is 36.4 Å². The lowest BCUT2D eigenvalue weighted by molar-refractivity contribution is -0.130. The summed E-state index contributed by atoms with van der Waals surface area (Å²) in [6.07, 6.45) is 3.04. The molecule has 1 unspecified atom stereocenters. The molecule has 1 aromatic heterocycles. The molecule has 1 saturated carbocycles. The van der Waals surface area contributed by atoms with Gasteiger partial charge in [0.05, 0.1) is 17.5 Å². The van der Waals surface area contributed by atoms with E-state index in [0.29, 0.717) is 12.3 Å². The number of rotatable bonds is 6. The van der Waals surface area contributed by atoms with E-state index >= 15 is 0 Å². The van der Waals surface area contributed by atoms with Crippen LogP contribution in [0.15, 0.2) is 83.1 Å². The summed E-state index contributed by atoms with van der Waals surface area (Å²) in [7, 11) is 1.99. The summed E-state index contributed by atoms with van der Waals surface area (Å²) in [4.78, 5) is 13.4. The van der Waals surface area contributed by atoms with Gasteiger partial charge in [0.15, 0.2) is 5.16 Å². The monoisotopic (exact) mass is 467 g/mol. The van der Waals surface area contributed by atoms with Crippen molar-refractivity contribution in [3.05, 3.63) is 89.7 Å². The van der Waals surface area contributed by atoms with Crippen molar-refractivity contribution in [1.29, 1.82) is 0 Å². The Hall–Kier alpha value is -3.45. The number of aromatic nitrogens is 3. The summed E-state index contributed by atoms with van der Waals surface area (Å²) in [5, 5.41) is 18.3. The molecule has 170 valence electrons. The zero-order valence-electron chi connectivity index (χ0n) is 19.0. The summed E-state index contributed by atoms with van der Waals surface area (Å²) in [5.74, 6) is 1.80. The van der Waals surface area contributed by atoms with Crippen LogP contribution >= 0.6 is 11.8 Å². The molecule has 0 bridgehead atoms. The summed E-state index contributed by atoms with van der Waals surface area (Å²) >= 11 is 1.43. The van der Waals surface area contributed by atoms with Crippen molar-refractivity contribution < 1.29 is 4.79 Å². The third-order valence-corrected chi connectivity index (χ3v) is 7.57. The molecule has 1 amide bonds. The lowest BCUT2D eigenvalue weighted by Gasteiger charge is -2.21. The van der Waals surface area contributed by atoms with Gasteiger partial charge in [0.2, 0.25) is 0 Å². The molecule has 0 radical (unpaired) electrons. The fourth-order valence-electron chi connectivity index (χ4n) is 4.56. The van der Waals surface area contributed by atoms with Crippen LogP contribution in [0.5, 0.6) is 0 Å². The molecule has 0 saturated heterocycles. The molecular formula is C27H25N5OS. The molecule has 4 aromatic rings. The van der Waals surface area contributed by atoms with Crippen LogP contribution in [0.4, 0.5) is 0 Å². The van der Waals surface area contributed by atoms with Crippen molar-refractivity contribution in [3.8, 4) is 0 Å². The molecule has 2 heterocycles. The van der Waals surface area contributed by atoms with E-state index in [1.165, 1.54) is 35.4 Å². The fourth-order valence-corrected chi connectivity index (χ4v) is 5.33. The number of thioether (sulfide) groups is 1. The minimum absolute atomic E-state index is 0.0226. The van der Waals surface area contributed by atoms with Crippen molar-refractivity contribution >= 4 is 34.2 Å². The quantitative estimate of drug-likeness (QED) is 0.360. The number of carbonyl (C=O) groups is 1. The van der Waals surface area contributed by atoms with E-state index in [1.54, 1.807) is 5.01 Å². The molecule has 2 aliphatic rings. The first-order chi connectivity index (χ1) is 16.7. The molecule has 1 aliphatic carbocycles. The van der Waals surface area contributed by atoms with E-state index in [2.05, 4.69) is 52.7 Å². The Morgan fingerprint density at radius 2 is 1.74 bits per heavy atom. The molecule has 6 nitrogen and oxygen atoms in total. The molecule has 1 atom stereocenters. The number of benzene rings is 3. The normalized spacial score (nSPS) is 17.9. The molecule has 34 heavy (non-hydrogen) atoms. The van der Waals surface area contributed by atoms with Gasteiger partial charge < -0.3 is 4.57 Å². The van der Waals surface area contributed by atoms with Crippen LogP contribution in [0.2, 0.25) is 0 Å². The van der Waals surface area contributed by atoms with Gasteiger partial charge in [-0.2, -0.15) is 5.10 Å². The van der Waals surface area contributed by atoms with Gasteiger partial charge in [-0.1, -0.05) is 78.5 Å². The number of nitrogens with zero attached hydrogens (tertiary/aromatic N) is 5. The van der Waals surface area contributed by atoms with Gasteiger partial charge in [-0.05, 0) is 40.8 Å². The summed E-state index contributed by atoms with van der Waals surface area (Å²) in [6.45, 7) is 0. The number of hydrazone groups is 1. The number of hydrogen-bond donors (Lipinski definition) is 0. The van der Waals surface area contributed by atoms with E-state index < -0.39 is 0 Å². The van der Waals surface area contributed by atoms with Gasteiger partial charge in [-0.25, -0.2) is 5.01 Å². The maximum absolute atomic E-state index is 13.4. The Morgan fingerprint density at radius 1 is 0.971 bits per heavy atom. The number of amides is 1. The van der Waals surface area contributed by atoms with Gasteiger partial charge in [0.1, 0.15) is 5.82 Å². The van der Waals surface area contributed by atoms with E-state index in [0.717, 1.165) is 27.8 Å². The van der Waals surface area contributed by atoms with Crippen LogP contribution in [0, 0.1) is 0 Å². The van der Waals surface area contributed by atoms with Crippen molar-refractivity contribution in [1.82, 2.24) is 19.8 Å². The predicted octanol–water partition coefficient (Wildman–Crippen LogP) is 5.32. The van der Waals surface area contributed by atoms with E-state index in [-0.39, 0.29) is 17.7 Å². The molecule has 1 fully saturated rings. The molecule has 0 N–H and O–H groups in total. The molecular weight excluding hydrogens is 442 g/mol. The highest BCUT2D eigenvalue weighted by Crippen LogP contribution is 2.40. The van der Waals surface area contributed by atoms with Crippen molar-refractivity contribution in [2.75, 3.05) is 5.75 Å². The summed E-state index contributed by atoms with van der Waals surface area (Å²) in [5.41, 5.74) is 3.09. The highest BCUT2D eigenvalue weighted by molar-refractivity contribution is 7.99. The van der Waals surface area contributed by atoms with Crippen LogP contribution < -0.4 is 0 Å². The number of hydrogen-bond acceptors (Lipinski definition) is 5. The third-order valence-electron chi connectivity index (χ3n) is 6.57. The SMILES string of the molecule is Cn1c(SCC(=O)N2N=C(c3ccc4ccccc4c3)CC2c2ccccc2)nnc1C1CC1. The molecule has 3 aromatic carbocycles. The lowest BCUT2D eigenvalue weighted by Crippen LogP contribution is -2.28. The van der Waals surface area contributed by atoms with Crippen LogP contribution in [-0.4, -0.2) is 37.1 Å². The average Bonchev–Trinajstić information content (AvgIpc) is 3.51. The zero-order chi connectivity index (χ0) is 23.1. The topological polar surface area (TPSA) is 63.4 Å². The van der Waals surface area contributed by atoms with E-state index in [1.807, 2.05) is 41.9 Å². The number of carbonyl (C=O) groups excluding carboxylic acids is 1. The van der Waals surface area contributed by atoms with Crippen molar-refractivity contribution in [3.63, 3.8) is 0 Å². The molecule has 1 aliphatic heterocycles. The fraction of sp³-hybridized carbons (Fsp3) is 0.259. The molecule has 6 rings (SSSR count). The van der Waals surface area contributed by atoms with Gasteiger partial charge in [-0.3, -0.25) is 4.79 Å². The third kappa shape index (κ3) is 4.01. The second-order valence-electron chi connectivity index (χ2n) is 8.94. The highest BCUT2D eigenvalue weighted by Gasteiger charge is 2.34.